The van der Waals surface area contributed by atoms with Crippen molar-refractivity contribution in [2.24, 2.45) is 10.7 Å². The second-order valence-electron chi connectivity index (χ2n) is 4.23. The number of anilines is 1. The van der Waals surface area contributed by atoms with Crippen LogP contribution in [-0.4, -0.2) is 26.1 Å². The van der Waals surface area contributed by atoms with Crippen LogP contribution in [0.4, 0.5) is 10.5 Å². The number of hydrogen-bond acceptors (Lipinski definition) is 2. The van der Waals surface area contributed by atoms with Crippen LogP contribution in [0.3, 0.4) is 0 Å². The molecule has 0 saturated heterocycles. The molecule has 0 saturated carbocycles. The minimum Gasteiger partial charge on any atom is -0.370 e. The largest absolute Gasteiger partial charge is 0.370 e. The van der Waals surface area contributed by atoms with Gasteiger partial charge < -0.3 is 5.73 Å². The summed E-state index contributed by atoms with van der Waals surface area (Å²) in [4.78, 5) is 17.4. The number of aryl methyl sites for hydroxylation is 2. The molecule has 1 aromatic carbocycles. The zero-order chi connectivity index (χ0) is 14.4. The molecule has 0 aliphatic rings. The lowest BCUT2D eigenvalue weighted by Crippen LogP contribution is -2.44. The molecule has 104 valence electrons. The molecule has 5 nitrogen and oxygen atoms in total. The third-order valence-corrected chi connectivity index (χ3v) is 3.08. The first-order chi connectivity index (χ1) is 9.04. The zero-order valence-corrected chi connectivity index (χ0v) is 12.0. The molecule has 0 radical (unpaired) electrons. The average molecular weight is 262 g/mol. The van der Waals surface area contributed by atoms with Gasteiger partial charge in [0.05, 0.1) is 5.69 Å². The number of carbonyl (C=O) groups is 1. The minimum absolute atomic E-state index is 0.115. The molecule has 0 aromatic heterocycles. The van der Waals surface area contributed by atoms with Crippen molar-refractivity contribution in [1.29, 1.82) is 0 Å². The summed E-state index contributed by atoms with van der Waals surface area (Å²) in [6.45, 7) is 4.15. The third-order valence-electron chi connectivity index (χ3n) is 3.08. The maximum absolute atomic E-state index is 12.1. The first-order valence-electron chi connectivity index (χ1n) is 6.42. The first-order valence-corrected chi connectivity index (χ1v) is 6.42. The molecule has 1 rings (SSSR count). The SMILES string of the molecule is CCc1cccc(CC)c1N(C)C(=O)NC(N)=NC. The Morgan fingerprint density at radius 3 is 2.26 bits per heavy atom. The van der Waals surface area contributed by atoms with Crippen LogP contribution in [-0.2, 0) is 12.8 Å². The van der Waals surface area contributed by atoms with Gasteiger partial charge >= 0.3 is 6.03 Å². The maximum atomic E-state index is 12.1. The number of carbonyl (C=O) groups excluding carboxylic acids is 1. The highest BCUT2D eigenvalue weighted by atomic mass is 16.2. The summed E-state index contributed by atoms with van der Waals surface area (Å²) < 4.78 is 0. The van der Waals surface area contributed by atoms with Crippen molar-refractivity contribution in [1.82, 2.24) is 5.32 Å². The van der Waals surface area contributed by atoms with E-state index < -0.39 is 0 Å². The summed E-state index contributed by atoms with van der Waals surface area (Å²) in [6, 6.07) is 5.82. The topological polar surface area (TPSA) is 70.7 Å². The molecule has 0 atom stereocenters. The van der Waals surface area contributed by atoms with Crippen LogP contribution in [0, 0.1) is 0 Å². The monoisotopic (exact) mass is 262 g/mol. The van der Waals surface area contributed by atoms with Crippen molar-refractivity contribution in [3.63, 3.8) is 0 Å². The van der Waals surface area contributed by atoms with Crippen LogP contribution in [0.2, 0.25) is 0 Å². The van der Waals surface area contributed by atoms with Crippen molar-refractivity contribution < 1.29 is 4.79 Å². The van der Waals surface area contributed by atoms with E-state index >= 15 is 0 Å². The Bertz CT molecular complexity index is 460. The van der Waals surface area contributed by atoms with Gasteiger partial charge in [-0.3, -0.25) is 15.2 Å². The van der Waals surface area contributed by atoms with E-state index in [1.807, 2.05) is 18.2 Å². The molecule has 0 fully saturated rings. The summed E-state index contributed by atoms with van der Waals surface area (Å²) in [5.41, 5.74) is 8.76. The molecule has 0 spiro atoms. The molecule has 3 N–H and O–H groups in total. The van der Waals surface area contributed by atoms with Gasteiger partial charge in [-0.05, 0) is 24.0 Å². The van der Waals surface area contributed by atoms with Gasteiger partial charge in [0, 0.05) is 14.1 Å². The average Bonchev–Trinajstić information content (AvgIpc) is 2.44. The quantitative estimate of drug-likeness (QED) is 0.645. The molecule has 2 amide bonds. The lowest BCUT2D eigenvalue weighted by molar-refractivity contribution is 0.251. The van der Waals surface area contributed by atoms with Gasteiger partial charge in [0.1, 0.15) is 0 Å². The van der Waals surface area contributed by atoms with Gasteiger partial charge in [-0.2, -0.15) is 0 Å². The van der Waals surface area contributed by atoms with Crippen molar-refractivity contribution in [2.45, 2.75) is 26.7 Å². The van der Waals surface area contributed by atoms with Gasteiger partial charge in [-0.1, -0.05) is 32.0 Å². The maximum Gasteiger partial charge on any atom is 0.328 e. The fraction of sp³-hybridized carbons (Fsp3) is 0.429. The van der Waals surface area contributed by atoms with Crippen molar-refractivity contribution in [2.75, 3.05) is 19.0 Å². The molecule has 0 unspecified atom stereocenters. The molecule has 0 bridgehead atoms. The first kappa shape index (κ1) is 15.0. The zero-order valence-electron chi connectivity index (χ0n) is 12.0. The molecule has 0 aliphatic carbocycles. The van der Waals surface area contributed by atoms with Crippen molar-refractivity contribution in [3.8, 4) is 0 Å². The number of nitrogens with zero attached hydrogens (tertiary/aromatic N) is 2. The van der Waals surface area contributed by atoms with E-state index in [-0.39, 0.29) is 12.0 Å². The Kier molecular flexibility index (Phi) is 5.36. The smallest absolute Gasteiger partial charge is 0.328 e. The molecule has 0 aliphatic heterocycles. The van der Waals surface area contributed by atoms with Gasteiger partial charge in [-0.25, -0.2) is 4.79 Å². The molecule has 19 heavy (non-hydrogen) atoms. The molecule has 1 aromatic rings. The van der Waals surface area contributed by atoms with Crippen molar-refractivity contribution in [3.05, 3.63) is 29.3 Å². The highest BCUT2D eigenvalue weighted by molar-refractivity contribution is 6.03. The summed E-state index contributed by atoms with van der Waals surface area (Å²) in [6.07, 6.45) is 1.75. The summed E-state index contributed by atoms with van der Waals surface area (Å²) >= 11 is 0. The molecule has 5 heteroatoms. The molecule has 0 heterocycles. The van der Waals surface area contributed by atoms with E-state index in [0.29, 0.717) is 0 Å². The Morgan fingerprint density at radius 2 is 1.84 bits per heavy atom. The van der Waals surface area contributed by atoms with Crippen LogP contribution in [0.5, 0.6) is 0 Å². The Labute approximate surface area is 114 Å². The Morgan fingerprint density at radius 1 is 1.32 bits per heavy atom. The Hall–Kier alpha value is -2.04. The summed E-state index contributed by atoms with van der Waals surface area (Å²) in [5, 5.41) is 2.55. The number of benzene rings is 1. The number of nitrogens with two attached hydrogens (primary N) is 1. The number of guanidine groups is 1. The number of amides is 2. The molecular weight excluding hydrogens is 240 g/mol. The Balaban J connectivity index is 3.10. The van der Waals surface area contributed by atoms with Gasteiger partial charge in [0.2, 0.25) is 0 Å². The highest BCUT2D eigenvalue weighted by Crippen LogP contribution is 2.26. The summed E-state index contributed by atoms with van der Waals surface area (Å²) in [5.74, 6) is 0.115. The number of aliphatic imine (C=N–C) groups is 1. The van der Waals surface area contributed by atoms with Crippen LogP contribution >= 0.6 is 0 Å². The second kappa shape index (κ2) is 6.78. The lowest BCUT2D eigenvalue weighted by Gasteiger charge is -2.23. The number of rotatable bonds is 3. The van der Waals surface area contributed by atoms with Gasteiger partial charge in [-0.15, -0.1) is 0 Å². The van der Waals surface area contributed by atoms with Crippen LogP contribution < -0.4 is 16.0 Å². The van der Waals surface area contributed by atoms with E-state index in [9.17, 15) is 4.79 Å². The number of urea groups is 1. The fourth-order valence-corrected chi connectivity index (χ4v) is 2.00. The minimum atomic E-state index is -0.279. The van der Waals surface area contributed by atoms with E-state index in [1.54, 1.807) is 11.9 Å². The van der Waals surface area contributed by atoms with Crippen LogP contribution in [0.25, 0.3) is 0 Å². The third kappa shape index (κ3) is 3.47. The predicted octanol–water partition coefficient (Wildman–Crippen LogP) is 1.90. The number of para-hydroxylation sites is 1. The van der Waals surface area contributed by atoms with Crippen LogP contribution in [0.15, 0.2) is 23.2 Å². The van der Waals surface area contributed by atoms with Crippen molar-refractivity contribution >= 4 is 17.7 Å². The van der Waals surface area contributed by atoms with E-state index in [0.717, 1.165) is 29.7 Å². The number of nitrogens with one attached hydrogen (secondary N) is 1. The van der Waals surface area contributed by atoms with Crippen LogP contribution in [0.1, 0.15) is 25.0 Å². The van der Waals surface area contributed by atoms with Gasteiger partial charge in [0.15, 0.2) is 5.96 Å². The van der Waals surface area contributed by atoms with E-state index in [2.05, 4.69) is 24.2 Å². The fourth-order valence-electron chi connectivity index (χ4n) is 2.00. The number of hydrogen-bond donors (Lipinski definition) is 2. The van der Waals surface area contributed by atoms with E-state index in [1.165, 1.54) is 7.05 Å². The normalized spacial score (nSPS) is 11.3. The van der Waals surface area contributed by atoms with E-state index in [4.69, 9.17) is 5.73 Å². The predicted molar refractivity (Wildman–Crippen MR) is 79.7 cm³/mol. The second-order valence-corrected chi connectivity index (χ2v) is 4.23. The standard InChI is InChI=1S/C14H22N4O/c1-5-10-8-7-9-11(6-2)12(10)18(4)14(19)17-13(15)16-3/h7-9H,5-6H2,1-4H3,(H3,15,16,17,19). The van der Waals surface area contributed by atoms with Gasteiger partial charge in [0.25, 0.3) is 0 Å². The highest BCUT2D eigenvalue weighted by Gasteiger charge is 2.17. The summed E-state index contributed by atoms with van der Waals surface area (Å²) in [7, 11) is 3.28. The molecular formula is C14H22N4O. The lowest BCUT2D eigenvalue weighted by atomic mass is 10.0.